The lowest BCUT2D eigenvalue weighted by atomic mass is 10.0. The van der Waals surface area contributed by atoms with E-state index in [4.69, 9.17) is 11.6 Å². The van der Waals surface area contributed by atoms with Crippen molar-refractivity contribution < 1.29 is 23.9 Å². The summed E-state index contributed by atoms with van der Waals surface area (Å²) in [6.07, 6.45) is 3.12. The number of carbonyl (C=O) groups is 3. The van der Waals surface area contributed by atoms with E-state index in [0.29, 0.717) is 27.7 Å². The van der Waals surface area contributed by atoms with Crippen LogP contribution in [0.3, 0.4) is 0 Å². The van der Waals surface area contributed by atoms with Crippen molar-refractivity contribution in [1.29, 1.82) is 0 Å². The quantitative estimate of drug-likeness (QED) is 0.128. The van der Waals surface area contributed by atoms with Crippen molar-refractivity contribution in [2.45, 2.75) is 6.04 Å². The molecule has 0 radical (unpaired) electrons. The van der Waals surface area contributed by atoms with Crippen LogP contribution in [0.1, 0.15) is 31.8 Å². The normalized spacial score (nSPS) is 11.3. The first kappa shape index (κ1) is 26.9. The fourth-order valence-electron chi connectivity index (χ4n) is 3.87. The zero-order valence-electron chi connectivity index (χ0n) is 20.7. The van der Waals surface area contributed by atoms with E-state index in [2.05, 4.69) is 27.2 Å². The maximum absolute atomic E-state index is 14.7. The van der Waals surface area contributed by atoms with Crippen molar-refractivity contribution in [3.05, 3.63) is 95.1 Å². The van der Waals surface area contributed by atoms with Gasteiger partial charge in [0.1, 0.15) is 11.9 Å². The Labute approximate surface area is 222 Å². The molecule has 2 aromatic carbocycles. The van der Waals surface area contributed by atoms with E-state index in [1.165, 1.54) is 19.2 Å². The molecule has 0 saturated heterocycles. The first-order valence-corrected chi connectivity index (χ1v) is 11.6. The number of hydrogen-bond donors (Lipinski definition) is 4. The summed E-state index contributed by atoms with van der Waals surface area (Å²) in [5.41, 5.74) is 10.4. The van der Waals surface area contributed by atoms with Crippen LogP contribution in [0.5, 0.6) is 0 Å². The van der Waals surface area contributed by atoms with Gasteiger partial charge in [-0.15, -0.1) is 0 Å². The first-order valence-electron chi connectivity index (χ1n) is 11.6. The zero-order valence-corrected chi connectivity index (χ0v) is 20.7. The fraction of sp³-hybridized carbons (Fsp3) is 0.107. The molecule has 10 nitrogen and oxygen atoms in total. The van der Waals surface area contributed by atoms with Gasteiger partial charge in [-0.3, -0.25) is 20.0 Å². The van der Waals surface area contributed by atoms with Crippen LogP contribution in [0.15, 0.2) is 67.0 Å². The molecule has 11 heteroatoms. The van der Waals surface area contributed by atoms with Gasteiger partial charge in [0.25, 0.3) is 11.8 Å². The number of carboxylic acid groups (broad SMARTS) is 1. The number of carboxylic acids is 1. The fourth-order valence-corrected chi connectivity index (χ4v) is 3.87. The van der Waals surface area contributed by atoms with Gasteiger partial charge in [-0.05, 0) is 42.5 Å². The summed E-state index contributed by atoms with van der Waals surface area (Å²) in [6, 6.07) is 12.8. The Hall–Kier alpha value is -5.18. The monoisotopic (exact) mass is 526 g/mol. The highest BCUT2D eigenvalue weighted by atomic mass is 19.1. The molecule has 2 heterocycles. The molecule has 4 aromatic rings. The third kappa shape index (κ3) is 5.72. The molecule has 196 valence electrons. The molecule has 2 aromatic heterocycles. The number of amides is 2. The van der Waals surface area contributed by atoms with Gasteiger partial charge in [-0.1, -0.05) is 24.0 Å². The summed E-state index contributed by atoms with van der Waals surface area (Å²) in [5, 5.41) is 9.76. The standard InChI is InChI=1S/C28H23FN6O4/c1-35(25(14-30)28(38)39)27(37)19-9-8-17(22(29)12-19)5-2-16-3-6-18(7-4-16)24-13-20(26(36)34-31)21-15-32-11-10-23(21)33-24/h3-4,6-13,15,25H,14,30-31H2,1H3,(H,34,36)(H,38,39). The zero-order chi connectivity index (χ0) is 28.1. The second-order valence-corrected chi connectivity index (χ2v) is 8.45. The molecule has 0 saturated carbocycles. The van der Waals surface area contributed by atoms with Crippen molar-refractivity contribution in [2.24, 2.45) is 11.6 Å². The summed E-state index contributed by atoms with van der Waals surface area (Å²) in [4.78, 5) is 45.7. The van der Waals surface area contributed by atoms with Crippen LogP contribution in [-0.4, -0.2) is 57.4 Å². The molecule has 0 bridgehead atoms. The number of nitrogen functional groups attached to an aromatic ring is 1. The van der Waals surface area contributed by atoms with Crippen LogP contribution in [0.25, 0.3) is 22.2 Å². The second-order valence-electron chi connectivity index (χ2n) is 8.45. The van der Waals surface area contributed by atoms with E-state index >= 15 is 0 Å². The van der Waals surface area contributed by atoms with E-state index < -0.39 is 29.6 Å². The molecule has 0 spiro atoms. The number of nitrogens with two attached hydrogens (primary N) is 2. The van der Waals surface area contributed by atoms with Crippen molar-refractivity contribution >= 4 is 28.7 Å². The largest absolute Gasteiger partial charge is 0.480 e. The minimum atomic E-state index is -1.25. The lowest BCUT2D eigenvalue weighted by molar-refractivity contribution is -0.141. The lowest BCUT2D eigenvalue weighted by Crippen LogP contribution is -2.47. The maximum Gasteiger partial charge on any atom is 0.327 e. The van der Waals surface area contributed by atoms with Crippen LogP contribution < -0.4 is 17.0 Å². The van der Waals surface area contributed by atoms with E-state index in [1.54, 1.807) is 48.8 Å². The highest BCUT2D eigenvalue weighted by molar-refractivity contribution is 6.06. The number of aromatic nitrogens is 2. The minimum absolute atomic E-state index is 0.0223. The molecule has 1 atom stereocenters. The summed E-state index contributed by atoms with van der Waals surface area (Å²) >= 11 is 0. The number of aliphatic carboxylic acids is 1. The van der Waals surface area contributed by atoms with E-state index in [-0.39, 0.29) is 17.7 Å². The van der Waals surface area contributed by atoms with Crippen molar-refractivity contribution in [3.63, 3.8) is 0 Å². The number of nitrogens with zero attached hydrogens (tertiary/aromatic N) is 3. The minimum Gasteiger partial charge on any atom is -0.480 e. The highest BCUT2D eigenvalue weighted by Crippen LogP contribution is 2.24. The third-order valence-corrected chi connectivity index (χ3v) is 6.02. The van der Waals surface area contributed by atoms with Gasteiger partial charge in [0, 0.05) is 48.1 Å². The van der Waals surface area contributed by atoms with Gasteiger partial charge < -0.3 is 15.7 Å². The maximum atomic E-state index is 14.7. The highest BCUT2D eigenvalue weighted by Gasteiger charge is 2.26. The SMILES string of the molecule is CN(C(=O)c1ccc(C#Cc2ccc(-c3cc(C(=O)NN)c4cnccc4n3)cc2)c(F)c1)C(CN)C(=O)O. The van der Waals surface area contributed by atoms with Gasteiger partial charge in [-0.2, -0.15) is 0 Å². The average Bonchev–Trinajstić information content (AvgIpc) is 2.95. The molecule has 0 aliphatic rings. The number of halogens is 1. The molecule has 4 rings (SSSR count). The van der Waals surface area contributed by atoms with Gasteiger partial charge in [0.05, 0.1) is 22.3 Å². The Bertz CT molecular complexity index is 1650. The summed E-state index contributed by atoms with van der Waals surface area (Å²) in [5.74, 6) is 7.83. The van der Waals surface area contributed by atoms with E-state index in [0.717, 1.165) is 16.5 Å². The van der Waals surface area contributed by atoms with Crippen molar-refractivity contribution in [2.75, 3.05) is 13.6 Å². The molecule has 39 heavy (non-hydrogen) atoms. The molecule has 0 aliphatic carbocycles. The Balaban J connectivity index is 1.56. The van der Waals surface area contributed by atoms with Gasteiger partial charge in [0.2, 0.25) is 0 Å². The van der Waals surface area contributed by atoms with Crippen molar-refractivity contribution in [3.8, 4) is 23.1 Å². The van der Waals surface area contributed by atoms with E-state index in [1.807, 2.05) is 0 Å². The van der Waals surface area contributed by atoms with Gasteiger partial charge >= 0.3 is 5.97 Å². The van der Waals surface area contributed by atoms with Crippen LogP contribution in [0.4, 0.5) is 4.39 Å². The molecule has 6 N–H and O–H groups in total. The van der Waals surface area contributed by atoms with E-state index in [9.17, 15) is 23.9 Å². The number of pyridine rings is 2. The van der Waals surface area contributed by atoms with Crippen LogP contribution in [-0.2, 0) is 4.79 Å². The Morgan fingerprint density at radius 3 is 2.49 bits per heavy atom. The molecule has 0 fully saturated rings. The second kappa shape index (κ2) is 11.5. The van der Waals surface area contributed by atoms with Crippen LogP contribution >= 0.6 is 0 Å². The molecule has 2 amide bonds. The number of nitrogens with one attached hydrogen (secondary N) is 1. The van der Waals surface area contributed by atoms with Gasteiger partial charge in [0.15, 0.2) is 0 Å². The average molecular weight is 527 g/mol. The number of likely N-dealkylation sites (N-methyl/N-ethyl adjacent to an activating group) is 1. The topological polar surface area (TPSA) is 165 Å². The number of hydrogen-bond acceptors (Lipinski definition) is 7. The number of hydrazine groups is 1. The third-order valence-electron chi connectivity index (χ3n) is 6.02. The molecular formula is C28H23FN6O4. The van der Waals surface area contributed by atoms with Crippen LogP contribution in [0, 0.1) is 17.7 Å². The smallest absolute Gasteiger partial charge is 0.327 e. The predicted octanol–water partition coefficient (Wildman–Crippen LogP) is 1.92. The number of carbonyl (C=O) groups excluding carboxylic acids is 2. The Morgan fingerprint density at radius 2 is 1.85 bits per heavy atom. The van der Waals surface area contributed by atoms with Gasteiger partial charge in [-0.25, -0.2) is 20.0 Å². The number of fused-ring (bicyclic) bond motifs is 1. The predicted molar refractivity (Wildman–Crippen MR) is 142 cm³/mol. The van der Waals surface area contributed by atoms with Crippen molar-refractivity contribution in [1.82, 2.24) is 20.3 Å². The summed E-state index contributed by atoms with van der Waals surface area (Å²) < 4.78 is 14.7. The van der Waals surface area contributed by atoms with Crippen LogP contribution in [0.2, 0.25) is 0 Å². The lowest BCUT2D eigenvalue weighted by Gasteiger charge is -2.23. The molecule has 1 unspecified atom stereocenters. The molecule has 0 aliphatic heterocycles. The summed E-state index contributed by atoms with van der Waals surface area (Å²) in [6.45, 7) is -0.277. The number of rotatable bonds is 6. The molecular weight excluding hydrogens is 503 g/mol. The first-order chi connectivity index (χ1) is 18.7. The Kier molecular flexibility index (Phi) is 7.90. The summed E-state index contributed by atoms with van der Waals surface area (Å²) in [7, 11) is 1.29. The number of benzene rings is 2. The Morgan fingerprint density at radius 1 is 1.10 bits per heavy atom.